The first-order chi connectivity index (χ1) is 29.2. The van der Waals surface area contributed by atoms with Gasteiger partial charge in [0, 0.05) is 17.1 Å². The van der Waals surface area contributed by atoms with Crippen molar-refractivity contribution in [1.29, 1.82) is 0 Å². The fourth-order valence-electron chi connectivity index (χ4n) is 8.30. The van der Waals surface area contributed by atoms with E-state index in [1.807, 2.05) is 0 Å². The Bertz CT molecular complexity index is 2980. The maximum Gasteiger partial charge on any atom is 0.0467 e. The molecule has 0 fully saturated rings. The number of rotatable bonds is 9. The number of nitrogens with zero attached hydrogens (tertiary/aromatic N) is 1. The predicted octanol–water partition coefficient (Wildman–Crippen LogP) is 16.3. The molecule has 0 amide bonds. The lowest BCUT2D eigenvalue weighted by Crippen LogP contribution is -2.10. The van der Waals surface area contributed by atoms with Crippen molar-refractivity contribution in [3.63, 3.8) is 0 Å². The van der Waals surface area contributed by atoms with Gasteiger partial charge in [-0.15, -0.1) is 0 Å². The Labute approximate surface area is 346 Å². The average molecular weight is 752 g/mol. The highest BCUT2D eigenvalue weighted by atomic mass is 15.1. The summed E-state index contributed by atoms with van der Waals surface area (Å²) in [5.74, 6) is 0. The van der Waals surface area contributed by atoms with E-state index < -0.39 is 0 Å². The van der Waals surface area contributed by atoms with E-state index >= 15 is 0 Å². The van der Waals surface area contributed by atoms with Crippen LogP contribution in [0.1, 0.15) is 0 Å². The SMILES string of the molecule is c1ccc(-c2ccc(N(c3ccc(-c4cccc5cccc(-c6ccccc6)c45)cc3)c3cccc(-c4ccc(-c5cccc(-c6ccccc6)c5)cc4)c3)cc2)cc1. The van der Waals surface area contributed by atoms with Gasteiger partial charge in [0.15, 0.2) is 0 Å². The van der Waals surface area contributed by atoms with Gasteiger partial charge in [0.1, 0.15) is 0 Å². The molecule has 59 heavy (non-hydrogen) atoms. The van der Waals surface area contributed by atoms with Crippen molar-refractivity contribution in [2.45, 2.75) is 0 Å². The molecule has 0 unspecified atom stereocenters. The Morgan fingerprint density at radius 3 is 1.07 bits per heavy atom. The molecule has 10 rings (SSSR count). The summed E-state index contributed by atoms with van der Waals surface area (Å²) in [7, 11) is 0. The maximum atomic E-state index is 2.37. The van der Waals surface area contributed by atoms with Crippen molar-refractivity contribution in [3.8, 4) is 66.8 Å². The van der Waals surface area contributed by atoms with E-state index in [0.717, 1.165) is 17.1 Å². The van der Waals surface area contributed by atoms with Gasteiger partial charge in [-0.2, -0.15) is 0 Å². The molecule has 10 aromatic carbocycles. The van der Waals surface area contributed by atoms with Crippen LogP contribution < -0.4 is 4.90 Å². The molecular weight excluding hydrogens is 711 g/mol. The highest BCUT2D eigenvalue weighted by molar-refractivity contribution is 6.06. The van der Waals surface area contributed by atoms with Crippen molar-refractivity contribution in [2.24, 2.45) is 0 Å². The van der Waals surface area contributed by atoms with Crippen molar-refractivity contribution in [2.75, 3.05) is 4.90 Å². The van der Waals surface area contributed by atoms with E-state index in [1.54, 1.807) is 0 Å². The lowest BCUT2D eigenvalue weighted by atomic mass is 9.91. The van der Waals surface area contributed by atoms with Gasteiger partial charge >= 0.3 is 0 Å². The molecule has 0 bridgehead atoms. The number of hydrogen-bond donors (Lipinski definition) is 0. The lowest BCUT2D eigenvalue weighted by molar-refractivity contribution is 1.28. The second kappa shape index (κ2) is 16.0. The van der Waals surface area contributed by atoms with E-state index in [9.17, 15) is 0 Å². The van der Waals surface area contributed by atoms with E-state index in [4.69, 9.17) is 0 Å². The minimum Gasteiger partial charge on any atom is -0.310 e. The monoisotopic (exact) mass is 751 g/mol. The van der Waals surface area contributed by atoms with Gasteiger partial charge in [-0.3, -0.25) is 0 Å². The summed E-state index contributed by atoms with van der Waals surface area (Å²) < 4.78 is 0. The fraction of sp³-hybridized carbons (Fsp3) is 0. The van der Waals surface area contributed by atoms with Crippen LogP contribution >= 0.6 is 0 Å². The third-order valence-electron chi connectivity index (χ3n) is 11.3. The fourth-order valence-corrected chi connectivity index (χ4v) is 8.30. The largest absolute Gasteiger partial charge is 0.310 e. The molecule has 10 aromatic rings. The van der Waals surface area contributed by atoms with Gasteiger partial charge in [0.25, 0.3) is 0 Å². The Morgan fingerprint density at radius 1 is 0.203 bits per heavy atom. The molecule has 0 aromatic heterocycles. The quantitative estimate of drug-likeness (QED) is 0.142. The third-order valence-corrected chi connectivity index (χ3v) is 11.3. The molecule has 0 heterocycles. The van der Waals surface area contributed by atoms with Gasteiger partial charge in [-0.05, 0) is 120 Å². The first kappa shape index (κ1) is 35.7. The number of hydrogen-bond acceptors (Lipinski definition) is 1. The van der Waals surface area contributed by atoms with Crippen LogP contribution in [0, 0.1) is 0 Å². The number of fused-ring (bicyclic) bond motifs is 1. The molecule has 0 spiro atoms. The molecule has 1 heteroatoms. The Morgan fingerprint density at radius 2 is 0.542 bits per heavy atom. The molecule has 0 atom stereocenters. The van der Waals surface area contributed by atoms with Gasteiger partial charge < -0.3 is 4.90 Å². The zero-order valence-electron chi connectivity index (χ0n) is 32.6. The molecule has 1 nitrogen and oxygen atoms in total. The molecular formula is C58H41N. The van der Waals surface area contributed by atoms with E-state index in [2.05, 4.69) is 254 Å². The smallest absolute Gasteiger partial charge is 0.0467 e. The minimum atomic E-state index is 1.09. The highest BCUT2D eigenvalue weighted by Gasteiger charge is 2.16. The Kier molecular flexibility index (Phi) is 9.68. The molecule has 278 valence electrons. The average Bonchev–Trinajstić information content (AvgIpc) is 3.33. The van der Waals surface area contributed by atoms with Crippen LogP contribution in [0.2, 0.25) is 0 Å². The van der Waals surface area contributed by atoms with Gasteiger partial charge in [0.05, 0.1) is 0 Å². The molecule has 0 radical (unpaired) electrons. The first-order valence-corrected chi connectivity index (χ1v) is 20.2. The standard InChI is InChI=1S/C58H41N/c1-4-14-42(15-5-1)44-32-36-53(37-33-44)59(54-38-34-48(35-39-54)57-27-13-21-49-20-12-26-56(58(49)57)47-18-8-3-9-19-47)55-25-11-24-52(41-55)46-30-28-45(29-31-46)51-23-10-22-50(40-51)43-16-6-2-7-17-43/h1-41H. The van der Waals surface area contributed by atoms with E-state index in [0.29, 0.717) is 0 Å². The summed E-state index contributed by atoms with van der Waals surface area (Å²) >= 11 is 0. The van der Waals surface area contributed by atoms with Crippen molar-refractivity contribution >= 4 is 27.8 Å². The topological polar surface area (TPSA) is 3.24 Å². The molecule has 0 saturated heterocycles. The van der Waals surface area contributed by atoms with Crippen LogP contribution in [0.3, 0.4) is 0 Å². The van der Waals surface area contributed by atoms with Crippen molar-refractivity contribution < 1.29 is 0 Å². The zero-order chi connectivity index (χ0) is 39.4. The van der Waals surface area contributed by atoms with Crippen LogP contribution in [-0.4, -0.2) is 0 Å². The summed E-state index contributed by atoms with van der Waals surface area (Å²) in [4.78, 5) is 2.37. The summed E-state index contributed by atoms with van der Waals surface area (Å²) in [6, 6.07) is 89.7. The van der Waals surface area contributed by atoms with Gasteiger partial charge in [-0.1, -0.05) is 206 Å². The summed E-state index contributed by atoms with van der Waals surface area (Å²) in [6.45, 7) is 0. The van der Waals surface area contributed by atoms with Crippen LogP contribution in [0.4, 0.5) is 17.1 Å². The van der Waals surface area contributed by atoms with Crippen molar-refractivity contribution in [1.82, 2.24) is 0 Å². The van der Waals surface area contributed by atoms with Gasteiger partial charge in [0.2, 0.25) is 0 Å². The summed E-state index contributed by atoms with van der Waals surface area (Å²) in [5.41, 5.74) is 17.8. The van der Waals surface area contributed by atoms with Crippen LogP contribution in [0.25, 0.3) is 77.5 Å². The van der Waals surface area contributed by atoms with Crippen LogP contribution in [0.15, 0.2) is 249 Å². The van der Waals surface area contributed by atoms with Crippen molar-refractivity contribution in [3.05, 3.63) is 249 Å². The Balaban J connectivity index is 1.02. The second-order valence-corrected chi connectivity index (χ2v) is 14.9. The third kappa shape index (κ3) is 7.34. The molecule has 0 saturated carbocycles. The predicted molar refractivity (Wildman–Crippen MR) is 251 cm³/mol. The minimum absolute atomic E-state index is 1.09. The molecule has 0 aliphatic rings. The molecule has 0 aliphatic carbocycles. The van der Waals surface area contributed by atoms with Crippen LogP contribution in [0.5, 0.6) is 0 Å². The van der Waals surface area contributed by atoms with E-state index in [1.165, 1.54) is 77.5 Å². The van der Waals surface area contributed by atoms with Crippen LogP contribution in [-0.2, 0) is 0 Å². The molecule has 0 aliphatic heterocycles. The zero-order valence-corrected chi connectivity index (χ0v) is 32.6. The maximum absolute atomic E-state index is 2.37. The number of benzene rings is 10. The molecule has 0 N–H and O–H groups in total. The summed E-state index contributed by atoms with van der Waals surface area (Å²) in [5, 5.41) is 2.50. The highest BCUT2D eigenvalue weighted by Crippen LogP contribution is 2.41. The summed E-state index contributed by atoms with van der Waals surface area (Å²) in [6.07, 6.45) is 0. The Hall–Kier alpha value is -7.74. The second-order valence-electron chi connectivity index (χ2n) is 14.9. The normalized spacial score (nSPS) is 11.1. The number of anilines is 3. The first-order valence-electron chi connectivity index (χ1n) is 20.2. The van der Waals surface area contributed by atoms with Gasteiger partial charge in [-0.25, -0.2) is 0 Å². The lowest BCUT2D eigenvalue weighted by Gasteiger charge is -2.26. The van der Waals surface area contributed by atoms with E-state index in [-0.39, 0.29) is 0 Å².